The first-order valence-corrected chi connectivity index (χ1v) is 7.93. The number of hydrogen-bond donors (Lipinski definition) is 1. The van der Waals surface area contributed by atoms with Crippen molar-refractivity contribution in [2.45, 2.75) is 26.3 Å². The van der Waals surface area contributed by atoms with Gasteiger partial charge in [0.1, 0.15) is 5.69 Å². The fourth-order valence-electron chi connectivity index (χ4n) is 2.33. The summed E-state index contributed by atoms with van der Waals surface area (Å²) in [5.41, 5.74) is 2.76. The van der Waals surface area contributed by atoms with E-state index in [1.165, 1.54) is 12.6 Å². The Balaban J connectivity index is 1.64. The second-order valence-electron chi connectivity index (χ2n) is 6.06. The first kappa shape index (κ1) is 16.8. The van der Waals surface area contributed by atoms with Gasteiger partial charge in [-0.05, 0) is 23.6 Å². The molecule has 0 aliphatic carbocycles. The Bertz CT molecular complexity index is 861. The van der Waals surface area contributed by atoms with Gasteiger partial charge in [-0.15, -0.1) is 5.10 Å². The molecule has 0 atom stereocenters. The smallest absolute Gasteiger partial charge is 0.272 e. The Morgan fingerprint density at radius 3 is 2.60 bits per heavy atom. The lowest BCUT2D eigenvalue weighted by atomic mass is 10.0. The Morgan fingerprint density at radius 1 is 1.28 bits per heavy atom. The molecule has 0 saturated carbocycles. The number of aromatic nitrogens is 5. The molecule has 0 unspecified atom stereocenters. The second kappa shape index (κ2) is 6.84. The zero-order valence-electron chi connectivity index (χ0n) is 14.3. The van der Waals surface area contributed by atoms with E-state index in [9.17, 15) is 9.18 Å². The van der Waals surface area contributed by atoms with Crippen molar-refractivity contribution >= 4 is 5.91 Å². The topological polar surface area (TPSA) is 77.6 Å². The minimum Gasteiger partial charge on any atom is -0.345 e. The molecule has 0 aliphatic rings. The average Bonchev–Trinajstić information content (AvgIpc) is 3.20. The first-order valence-electron chi connectivity index (χ1n) is 7.93. The van der Waals surface area contributed by atoms with Crippen LogP contribution in [0, 0.1) is 5.95 Å². The van der Waals surface area contributed by atoms with Gasteiger partial charge in [-0.25, -0.2) is 9.36 Å². The maximum Gasteiger partial charge on any atom is 0.272 e. The van der Waals surface area contributed by atoms with Crippen molar-refractivity contribution < 1.29 is 9.18 Å². The standard InChI is InChI=1S/C17H19FN6O/c1-11(2)12-4-6-14(7-5-12)24-10-13(20-22-24)9-19-17(25)15-8-16(18)23(3)21-15/h4-8,10-11H,9H2,1-3H3,(H,19,25). The number of rotatable bonds is 5. The van der Waals surface area contributed by atoms with Gasteiger partial charge in [-0.3, -0.25) is 4.79 Å². The van der Waals surface area contributed by atoms with Crippen molar-refractivity contribution in [3.63, 3.8) is 0 Å². The number of halogens is 1. The summed E-state index contributed by atoms with van der Waals surface area (Å²) >= 11 is 0. The summed E-state index contributed by atoms with van der Waals surface area (Å²) in [5, 5.41) is 14.5. The summed E-state index contributed by atoms with van der Waals surface area (Å²) in [4.78, 5) is 12.0. The van der Waals surface area contributed by atoms with Gasteiger partial charge >= 0.3 is 0 Å². The van der Waals surface area contributed by atoms with Gasteiger partial charge in [0, 0.05) is 13.1 Å². The van der Waals surface area contributed by atoms with Crippen LogP contribution in [0.15, 0.2) is 36.5 Å². The highest BCUT2D eigenvalue weighted by Crippen LogP contribution is 2.16. The zero-order chi connectivity index (χ0) is 18.0. The predicted molar refractivity (Wildman–Crippen MR) is 89.8 cm³/mol. The van der Waals surface area contributed by atoms with E-state index in [1.807, 2.05) is 12.1 Å². The van der Waals surface area contributed by atoms with Crippen molar-refractivity contribution in [2.24, 2.45) is 7.05 Å². The van der Waals surface area contributed by atoms with E-state index in [0.717, 1.165) is 16.4 Å². The van der Waals surface area contributed by atoms with Crippen molar-refractivity contribution in [3.8, 4) is 5.69 Å². The van der Waals surface area contributed by atoms with Crippen LogP contribution in [-0.2, 0) is 13.6 Å². The van der Waals surface area contributed by atoms with Crippen LogP contribution in [0.25, 0.3) is 5.69 Å². The highest BCUT2D eigenvalue weighted by molar-refractivity contribution is 5.92. The quantitative estimate of drug-likeness (QED) is 0.771. The summed E-state index contributed by atoms with van der Waals surface area (Å²) in [6, 6.07) is 9.14. The maximum absolute atomic E-state index is 13.2. The lowest BCUT2D eigenvalue weighted by molar-refractivity contribution is 0.0944. The third-order valence-electron chi connectivity index (χ3n) is 3.85. The van der Waals surface area contributed by atoms with Crippen molar-refractivity contribution in [2.75, 3.05) is 0 Å². The molecule has 7 nitrogen and oxygen atoms in total. The van der Waals surface area contributed by atoms with Crippen molar-refractivity contribution in [1.82, 2.24) is 30.1 Å². The minimum atomic E-state index is -0.569. The molecule has 0 radical (unpaired) electrons. The maximum atomic E-state index is 13.2. The number of carbonyl (C=O) groups excluding carboxylic acids is 1. The molecule has 3 aromatic rings. The van der Waals surface area contributed by atoms with E-state index in [-0.39, 0.29) is 12.2 Å². The molecule has 2 aromatic heterocycles. The molecular formula is C17H19FN6O. The summed E-state index contributed by atoms with van der Waals surface area (Å²) in [6.45, 7) is 4.46. The molecule has 130 valence electrons. The highest BCUT2D eigenvalue weighted by Gasteiger charge is 2.13. The fraction of sp³-hybridized carbons (Fsp3) is 0.294. The molecular weight excluding hydrogens is 323 g/mol. The Morgan fingerprint density at radius 2 is 2.00 bits per heavy atom. The van der Waals surface area contributed by atoms with Gasteiger partial charge in [-0.2, -0.15) is 9.49 Å². The molecule has 0 aliphatic heterocycles. The van der Waals surface area contributed by atoms with E-state index in [1.54, 1.807) is 10.9 Å². The SMILES string of the molecule is CC(C)c1ccc(-n2cc(CNC(=O)c3cc(F)n(C)n3)nn2)cc1. The largest absolute Gasteiger partial charge is 0.345 e. The van der Waals surface area contributed by atoms with E-state index < -0.39 is 11.9 Å². The Kier molecular flexibility index (Phi) is 4.60. The molecule has 25 heavy (non-hydrogen) atoms. The number of amides is 1. The molecule has 0 bridgehead atoms. The number of nitrogens with one attached hydrogen (secondary N) is 1. The van der Waals surface area contributed by atoms with E-state index in [4.69, 9.17) is 0 Å². The molecule has 0 spiro atoms. The number of aryl methyl sites for hydroxylation is 1. The molecule has 0 saturated heterocycles. The number of benzene rings is 1. The summed E-state index contributed by atoms with van der Waals surface area (Å²) < 4.78 is 15.9. The van der Waals surface area contributed by atoms with Gasteiger partial charge in [0.25, 0.3) is 5.91 Å². The van der Waals surface area contributed by atoms with Crippen molar-refractivity contribution in [3.05, 3.63) is 59.4 Å². The van der Waals surface area contributed by atoms with Crippen molar-refractivity contribution in [1.29, 1.82) is 0 Å². The lowest BCUT2D eigenvalue weighted by Crippen LogP contribution is -2.23. The van der Waals surface area contributed by atoms with Crippen LogP contribution in [-0.4, -0.2) is 30.7 Å². The normalized spacial score (nSPS) is 11.1. The van der Waals surface area contributed by atoms with Gasteiger partial charge in [0.05, 0.1) is 18.4 Å². The number of carbonyl (C=O) groups is 1. The average molecular weight is 342 g/mol. The van der Waals surface area contributed by atoms with Crippen LogP contribution in [0.4, 0.5) is 4.39 Å². The van der Waals surface area contributed by atoms with Crippen LogP contribution in [0.5, 0.6) is 0 Å². The van der Waals surface area contributed by atoms with Gasteiger partial charge in [0.2, 0.25) is 5.95 Å². The van der Waals surface area contributed by atoms with E-state index in [2.05, 4.69) is 46.7 Å². The third-order valence-corrected chi connectivity index (χ3v) is 3.85. The fourth-order valence-corrected chi connectivity index (χ4v) is 2.33. The van der Waals surface area contributed by atoms with Crippen LogP contribution >= 0.6 is 0 Å². The van der Waals surface area contributed by atoms with Gasteiger partial charge in [0.15, 0.2) is 5.69 Å². The molecule has 1 amide bonds. The van der Waals surface area contributed by atoms with Crippen LogP contribution in [0.3, 0.4) is 0 Å². The predicted octanol–water partition coefficient (Wildman–Crippen LogP) is 2.19. The van der Waals surface area contributed by atoms with Crippen LogP contribution in [0.2, 0.25) is 0 Å². The Hall–Kier alpha value is -3.03. The molecule has 0 fully saturated rings. The molecule has 8 heteroatoms. The summed E-state index contributed by atoms with van der Waals surface area (Å²) in [6.07, 6.45) is 1.74. The van der Waals surface area contributed by atoms with Gasteiger partial charge < -0.3 is 5.32 Å². The number of nitrogens with zero attached hydrogens (tertiary/aromatic N) is 5. The van der Waals surface area contributed by atoms with Crippen LogP contribution in [0.1, 0.15) is 41.5 Å². The lowest BCUT2D eigenvalue weighted by Gasteiger charge is -2.06. The highest BCUT2D eigenvalue weighted by atomic mass is 19.1. The molecule has 1 N–H and O–H groups in total. The number of hydrogen-bond acceptors (Lipinski definition) is 4. The van der Waals surface area contributed by atoms with Crippen LogP contribution < -0.4 is 5.32 Å². The summed E-state index contributed by atoms with van der Waals surface area (Å²) in [5.74, 6) is -0.566. The Labute approximate surface area is 144 Å². The second-order valence-corrected chi connectivity index (χ2v) is 6.06. The summed E-state index contributed by atoms with van der Waals surface area (Å²) in [7, 11) is 1.43. The molecule has 2 heterocycles. The zero-order valence-corrected chi connectivity index (χ0v) is 14.3. The van der Waals surface area contributed by atoms with E-state index >= 15 is 0 Å². The van der Waals surface area contributed by atoms with Gasteiger partial charge in [-0.1, -0.05) is 31.2 Å². The van der Waals surface area contributed by atoms with E-state index in [0.29, 0.717) is 11.6 Å². The monoisotopic (exact) mass is 342 g/mol. The molecule has 3 rings (SSSR count). The first-order chi connectivity index (χ1) is 11.9. The minimum absolute atomic E-state index is 0.0247. The third kappa shape index (κ3) is 3.73. The molecule has 1 aromatic carbocycles.